The van der Waals surface area contributed by atoms with Gasteiger partial charge in [-0.1, -0.05) is 13.8 Å². The Balaban J connectivity index is 1.60. The molecule has 3 aromatic rings. The smallest absolute Gasteiger partial charge is 0.344 e. The van der Waals surface area contributed by atoms with Crippen molar-refractivity contribution in [3.05, 3.63) is 70.9 Å². The number of hydrogen-bond acceptors (Lipinski definition) is 3. The van der Waals surface area contributed by atoms with Gasteiger partial charge in [0, 0.05) is 23.9 Å². The molecule has 1 atom stereocenters. The minimum absolute atomic E-state index is 0.0675. The Hall–Kier alpha value is -3.23. The highest BCUT2D eigenvalue weighted by Crippen LogP contribution is 2.33. The van der Waals surface area contributed by atoms with E-state index in [0.717, 1.165) is 24.2 Å². The summed E-state index contributed by atoms with van der Waals surface area (Å²) in [6.45, 7) is 4.43. The second-order valence-corrected chi connectivity index (χ2v) is 8.20. The van der Waals surface area contributed by atoms with E-state index in [9.17, 15) is 22.4 Å². The second-order valence-electron chi connectivity index (χ2n) is 8.20. The Morgan fingerprint density at radius 1 is 1.19 bits per heavy atom. The Morgan fingerprint density at radius 2 is 1.97 bits per heavy atom. The molecule has 1 aliphatic rings. The van der Waals surface area contributed by atoms with Gasteiger partial charge < -0.3 is 5.32 Å². The predicted molar refractivity (Wildman–Crippen MR) is 110 cm³/mol. The molecule has 0 spiro atoms. The van der Waals surface area contributed by atoms with E-state index in [2.05, 4.69) is 15.4 Å². The van der Waals surface area contributed by atoms with E-state index in [4.69, 9.17) is 0 Å². The number of hydrogen-bond donors (Lipinski definition) is 1. The van der Waals surface area contributed by atoms with Gasteiger partial charge in [-0.3, -0.25) is 14.5 Å². The summed E-state index contributed by atoms with van der Waals surface area (Å²) in [6, 6.07) is 8.01. The van der Waals surface area contributed by atoms with Crippen molar-refractivity contribution < 1.29 is 22.4 Å². The number of carbonyl (C=O) groups is 1. The number of carbonyl (C=O) groups excluding carboxylic acids is 1. The third-order valence-corrected chi connectivity index (χ3v) is 5.53. The fraction of sp³-hybridized carbons (Fsp3) is 0.348. The van der Waals surface area contributed by atoms with E-state index in [1.165, 1.54) is 18.2 Å². The highest BCUT2D eigenvalue weighted by molar-refractivity contribution is 5.94. The van der Waals surface area contributed by atoms with Crippen molar-refractivity contribution in [2.24, 2.45) is 0 Å². The molecule has 0 fully saturated rings. The summed E-state index contributed by atoms with van der Waals surface area (Å²) in [5, 5.41) is 7.36. The Morgan fingerprint density at radius 3 is 2.69 bits per heavy atom. The normalized spacial score (nSPS) is 16.2. The molecule has 32 heavy (non-hydrogen) atoms. The van der Waals surface area contributed by atoms with Gasteiger partial charge >= 0.3 is 6.18 Å². The molecule has 1 aliphatic heterocycles. The van der Waals surface area contributed by atoms with Gasteiger partial charge in [0.2, 0.25) is 0 Å². The molecule has 168 valence electrons. The predicted octanol–water partition coefficient (Wildman–Crippen LogP) is 5.49. The number of nitrogens with one attached hydrogen (secondary N) is 1. The van der Waals surface area contributed by atoms with Crippen molar-refractivity contribution in [2.75, 3.05) is 0 Å². The minimum atomic E-state index is -4.55. The van der Waals surface area contributed by atoms with Crippen molar-refractivity contribution in [3.63, 3.8) is 0 Å². The molecule has 3 heterocycles. The molecule has 9 heteroatoms. The number of rotatable bonds is 4. The van der Waals surface area contributed by atoms with Crippen molar-refractivity contribution >= 4 is 5.91 Å². The summed E-state index contributed by atoms with van der Waals surface area (Å²) in [5.41, 5.74) is 1.34. The third-order valence-electron chi connectivity index (χ3n) is 5.53. The molecule has 0 radical (unpaired) electrons. The number of halogens is 4. The topological polar surface area (TPSA) is 59.8 Å². The number of fused-ring (bicyclic) bond motifs is 1. The monoisotopic (exact) mass is 446 g/mol. The summed E-state index contributed by atoms with van der Waals surface area (Å²) in [6.07, 6.45) is -2.06. The second kappa shape index (κ2) is 8.37. The lowest BCUT2D eigenvalue weighted by Gasteiger charge is -2.24. The Bertz CT molecular complexity index is 1150. The first-order valence-electron chi connectivity index (χ1n) is 10.3. The molecular formula is C23H22F4N4O. The molecule has 1 unspecified atom stereocenters. The average molecular weight is 446 g/mol. The van der Waals surface area contributed by atoms with Gasteiger partial charge in [0.25, 0.3) is 5.91 Å². The van der Waals surface area contributed by atoms with E-state index in [1.807, 2.05) is 13.8 Å². The highest BCUT2D eigenvalue weighted by atomic mass is 19.4. The number of alkyl halides is 3. The average Bonchev–Trinajstić information content (AvgIpc) is 3.18. The molecule has 0 saturated heterocycles. The van der Waals surface area contributed by atoms with E-state index in [1.54, 1.807) is 16.8 Å². The van der Waals surface area contributed by atoms with E-state index >= 15 is 0 Å². The first-order chi connectivity index (χ1) is 15.1. The van der Waals surface area contributed by atoms with Crippen LogP contribution in [0.5, 0.6) is 0 Å². The SMILES string of the molecule is CC(C)c1cc(F)cc(C(=O)NC2CCCn3nc(-c4ccnc(C(F)(F)F)c4)cc32)c1. The van der Waals surface area contributed by atoms with Crippen LogP contribution in [0.2, 0.25) is 0 Å². The lowest BCUT2D eigenvalue weighted by molar-refractivity contribution is -0.141. The van der Waals surface area contributed by atoms with Crippen LogP contribution in [-0.2, 0) is 12.7 Å². The van der Waals surface area contributed by atoms with Gasteiger partial charge in [0.05, 0.1) is 17.4 Å². The van der Waals surface area contributed by atoms with Crippen LogP contribution in [0.15, 0.2) is 42.6 Å². The number of benzene rings is 1. The fourth-order valence-corrected chi connectivity index (χ4v) is 3.83. The maximum absolute atomic E-state index is 14.0. The first-order valence-corrected chi connectivity index (χ1v) is 10.3. The summed E-state index contributed by atoms with van der Waals surface area (Å²) in [7, 11) is 0. The van der Waals surface area contributed by atoms with Crippen LogP contribution in [0, 0.1) is 5.82 Å². The molecule has 2 aromatic heterocycles. The van der Waals surface area contributed by atoms with Crippen LogP contribution in [0.25, 0.3) is 11.3 Å². The number of aromatic nitrogens is 3. The molecule has 5 nitrogen and oxygen atoms in total. The standard InChI is InChI=1S/C23H22F4N4O/c1-13(2)15-8-16(10-17(24)9-15)22(32)29-18-4-3-7-31-20(18)12-19(30-31)14-5-6-28-21(11-14)23(25,26)27/h5-6,8-13,18H,3-4,7H2,1-2H3,(H,29,32). The molecule has 0 aliphatic carbocycles. The maximum Gasteiger partial charge on any atom is 0.433 e. The zero-order chi connectivity index (χ0) is 23.0. The van der Waals surface area contributed by atoms with Gasteiger partial charge in [-0.25, -0.2) is 4.39 Å². The van der Waals surface area contributed by atoms with Crippen molar-refractivity contribution in [2.45, 2.75) is 51.4 Å². The fourth-order valence-electron chi connectivity index (χ4n) is 3.83. The third kappa shape index (κ3) is 4.51. The summed E-state index contributed by atoms with van der Waals surface area (Å²) in [4.78, 5) is 16.2. The van der Waals surface area contributed by atoms with E-state index in [-0.39, 0.29) is 17.5 Å². The van der Waals surface area contributed by atoms with E-state index < -0.39 is 23.6 Å². The summed E-state index contributed by atoms with van der Waals surface area (Å²) >= 11 is 0. The van der Waals surface area contributed by atoms with Crippen LogP contribution in [-0.4, -0.2) is 20.7 Å². The van der Waals surface area contributed by atoms with Gasteiger partial charge in [-0.05, 0) is 60.7 Å². The minimum Gasteiger partial charge on any atom is -0.344 e. The van der Waals surface area contributed by atoms with Crippen molar-refractivity contribution in [1.29, 1.82) is 0 Å². The molecular weight excluding hydrogens is 424 g/mol. The van der Waals surface area contributed by atoms with Crippen LogP contribution in [0.4, 0.5) is 17.6 Å². The summed E-state index contributed by atoms with van der Waals surface area (Å²) < 4.78 is 54.8. The van der Waals surface area contributed by atoms with Crippen LogP contribution in [0.1, 0.15) is 66.0 Å². The van der Waals surface area contributed by atoms with Gasteiger partial charge in [-0.2, -0.15) is 18.3 Å². The summed E-state index contributed by atoms with van der Waals surface area (Å²) in [5.74, 6) is -0.816. The Kier molecular flexibility index (Phi) is 5.75. The molecule has 1 N–H and O–H groups in total. The van der Waals surface area contributed by atoms with Crippen molar-refractivity contribution in [1.82, 2.24) is 20.1 Å². The van der Waals surface area contributed by atoms with E-state index in [0.29, 0.717) is 29.9 Å². The quantitative estimate of drug-likeness (QED) is 0.539. The highest BCUT2D eigenvalue weighted by Gasteiger charge is 2.33. The van der Waals surface area contributed by atoms with Gasteiger partial charge in [0.15, 0.2) is 0 Å². The number of nitrogens with zero attached hydrogens (tertiary/aromatic N) is 3. The van der Waals surface area contributed by atoms with Crippen LogP contribution in [0.3, 0.4) is 0 Å². The Labute approximate surface area is 182 Å². The van der Waals surface area contributed by atoms with Gasteiger partial charge in [-0.15, -0.1) is 0 Å². The largest absolute Gasteiger partial charge is 0.433 e. The molecule has 4 rings (SSSR count). The number of aryl methyl sites for hydroxylation is 1. The lowest BCUT2D eigenvalue weighted by Crippen LogP contribution is -2.32. The molecule has 0 bridgehead atoms. The molecule has 1 amide bonds. The first kappa shape index (κ1) is 22.0. The lowest BCUT2D eigenvalue weighted by atomic mass is 9.99. The van der Waals surface area contributed by atoms with Crippen LogP contribution < -0.4 is 5.32 Å². The molecule has 0 saturated carbocycles. The molecule has 1 aromatic carbocycles. The van der Waals surface area contributed by atoms with Crippen LogP contribution >= 0.6 is 0 Å². The maximum atomic E-state index is 14.0. The zero-order valence-electron chi connectivity index (χ0n) is 17.6. The number of pyridine rings is 1. The van der Waals surface area contributed by atoms with Crippen molar-refractivity contribution in [3.8, 4) is 11.3 Å². The zero-order valence-corrected chi connectivity index (χ0v) is 17.6. The van der Waals surface area contributed by atoms with Gasteiger partial charge in [0.1, 0.15) is 11.5 Å². The number of amides is 1.